The van der Waals surface area contributed by atoms with E-state index in [4.69, 9.17) is 5.26 Å². The zero-order valence-electron chi connectivity index (χ0n) is 13.3. The second-order valence-corrected chi connectivity index (χ2v) is 6.25. The van der Waals surface area contributed by atoms with E-state index in [-0.39, 0.29) is 22.9 Å². The first kappa shape index (κ1) is 15.3. The number of benzene rings is 1. The Morgan fingerprint density at radius 3 is 2.61 bits per heavy atom. The van der Waals surface area contributed by atoms with E-state index in [2.05, 4.69) is 11.1 Å². The predicted molar refractivity (Wildman–Crippen MR) is 88.3 cm³/mol. The van der Waals surface area contributed by atoms with Crippen LogP contribution in [-0.4, -0.2) is 28.9 Å². The number of nitrogens with zero attached hydrogens (tertiary/aromatic N) is 2. The summed E-state index contributed by atoms with van der Waals surface area (Å²) < 4.78 is 0. The van der Waals surface area contributed by atoms with Crippen LogP contribution in [0.25, 0.3) is 10.9 Å². The number of hydrogen-bond acceptors (Lipinski definition) is 3. The van der Waals surface area contributed by atoms with Crippen molar-refractivity contribution in [3.05, 3.63) is 45.2 Å². The number of aromatic nitrogens is 1. The first-order chi connectivity index (χ1) is 11.0. The van der Waals surface area contributed by atoms with Gasteiger partial charge >= 0.3 is 0 Å². The first-order valence-electron chi connectivity index (χ1n) is 7.83. The normalized spacial score (nSPS) is 15.6. The highest BCUT2D eigenvalue weighted by Crippen LogP contribution is 2.20. The van der Waals surface area contributed by atoms with Crippen LogP contribution in [0.15, 0.2) is 23.0 Å². The van der Waals surface area contributed by atoms with Crippen LogP contribution in [0.1, 0.15) is 34.3 Å². The summed E-state index contributed by atoms with van der Waals surface area (Å²) in [5.74, 6) is -0.233. The summed E-state index contributed by atoms with van der Waals surface area (Å²) in [4.78, 5) is 29.5. The summed E-state index contributed by atoms with van der Waals surface area (Å²) in [5.41, 5.74) is 2.69. The molecule has 1 aromatic heterocycles. The molecule has 5 heteroatoms. The SMILES string of the molecule is Cc1cc(C)c2[nH]c(=O)c(C(=O)N3CCC(C#N)CC3)cc2c1. The second kappa shape index (κ2) is 5.88. The maximum absolute atomic E-state index is 12.7. The Morgan fingerprint density at radius 2 is 1.96 bits per heavy atom. The Morgan fingerprint density at radius 1 is 1.26 bits per heavy atom. The van der Waals surface area contributed by atoms with Gasteiger partial charge in [0.15, 0.2) is 0 Å². The number of amides is 1. The molecule has 2 aromatic rings. The van der Waals surface area contributed by atoms with Gasteiger partial charge in [0.25, 0.3) is 11.5 Å². The topological polar surface area (TPSA) is 77.0 Å². The maximum atomic E-state index is 12.7. The third-order valence-electron chi connectivity index (χ3n) is 4.49. The number of likely N-dealkylation sites (tertiary alicyclic amines) is 1. The molecule has 0 aliphatic carbocycles. The number of hydrogen-bond donors (Lipinski definition) is 1. The van der Waals surface area contributed by atoms with Crippen LogP contribution in [0.2, 0.25) is 0 Å². The largest absolute Gasteiger partial charge is 0.338 e. The van der Waals surface area contributed by atoms with Crippen molar-refractivity contribution in [2.24, 2.45) is 5.92 Å². The molecule has 0 bridgehead atoms. The van der Waals surface area contributed by atoms with E-state index in [1.165, 1.54) is 0 Å². The molecule has 1 aliphatic rings. The molecule has 1 amide bonds. The van der Waals surface area contributed by atoms with Gasteiger partial charge in [-0.25, -0.2) is 0 Å². The van der Waals surface area contributed by atoms with Gasteiger partial charge in [-0.3, -0.25) is 9.59 Å². The molecule has 23 heavy (non-hydrogen) atoms. The number of nitriles is 1. The number of fused-ring (bicyclic) bond motifs is 1. The zero-order chi connectivity index (χ0) is 16.6. The van der Waals surface area contributed by atoms with Crippen molar-refractivity contribution < 1.29 is 4.79 Å². The molecular formula is C18H19N3O2. The molecule has 1 aromatic carbocycles. The van der Waals surface area contributed by atoms with Gasteiger partial charge in [-0.1, -0.05) is 11.6 Å². The number of nitrogens with one attached hydrogen (secondary N) is 1. The van der Waals surface area contributed by atoms with E-state index in [1.54, 1.807) is 11.0 Å². The number of aromatic amines is 1. The van der Waals surface area contributed by atoms with Gasteiger partial charge in [0.2, 0.25) is 0 Å². The first-order valence-corrected chi connectivity index (χ1v) is 7.83. The highest BCUT2D eigenvalue weighted by Gasteiger charge is 2.25. The molecule has 1 saturated heterocycles. The standard InChI is InChI=1S/C18H19N3O2/c1-11-7-12(2)16-14(8-11)9-15(17(22)20-16)18(23)21-5-3-13(10-19)4-6-21/h7-9,13H,3-6H2,1-2H3,(H,20,22). The molecule has 0 spiro atoms. The van der Waals surface area contributed by atoms with E-state index in [1.807, 2.05) is 26.0 Å². The molecular weight excluding hydrogens is 290 g/mol. The van der Waals surface area contributed by atoms with Crippen molar-refractivity contribution in [1.29, 1.82) is 5.26 Å². The number of carbonyl (C=O) groups is 1. The lowest BCUT2D eigenvalue weighted by Gasteiger charge is -2.29. The summed E-state index contributed by atoms with van der Waals surface area (Å²) >= 11 is 0. The molecule has 5 nitrogen and oxygen atoms in total. The molecule has 3 rings (SSSR count). The minimum atomic E-state index is -0.350. The van der Waals surface area contributed by atoms with E-state index in [9.17, 15) is 9.59 Å². The highest BCUT2D eigenvalue weighted by atomic mass is 16.2. The Balaban J connectivity index is 1.97. The molecule has 118 valence electrons. The lowest BCUT2D eigenvalue weighted by Crippen LogP contribution is -2.40. The molecule has 0 atom stereocenters. The molecule has 1 N–H and O–H groups in total. The van der Waals surface area contributed by atoms with Crippen molar-refractivity contribution in [1.82, 2.24) is 9.88 Å². The van der Waals surface area contributed by atoms with Crippen LogP contribution in [-0.2, 0) is 0 Å². The summed E-state index contributed by atoms with van der Waals surface area (Å²) in [6, 6.07) is 7.91. The maximum Gasteiger partial charge on any atom is 0.261 e. The van der Waals surface area contributed by atoms with Crippen LogP contribution >= 0.6 is 0 Å². The van der Waals surface area contributed by atoms with Crippen molar-refractivity contribution in [3.63, 3.8) is 0 Å². The number of piperidine rings is 1. The van der Waals surface area contributed by atoms with Gasteiger partial charge < -0.3 is 9.88 Å². The molecule has 1 fully saturated rings. The highest BCUT2D eigenvalue weighted by molar-refractivity contribution is 5.97. The van der Waals surface area contributed by atoms with Crippen LogP contribution in [0, 0.1) is 31.1 Å². The van der Waals surface area contributed by atoms with Crippen LogP contribution in [0.3, 0.4) is 0 Å². The third kappa shape index (κ3) is 2.85. The van der Waals surface area contributed by atoms with E-state index >= 15 is 0 Å². The Kier molecular flexibility index (Phi) is 3.91. The van der Waals surface area contributed by atoms with E-state index in [0.29, 0.717) is 25.9 Å². The number of H-pyrrole nitrogens is 1. The molecule has 0 unspecified atom stereocenters. The fourth-order valence-electron chi connectivity index (χ4n) is 3.23. The van der Waals surface area contributed by atoms with Crippen molar-refractivity contribution in [2.45, 2.75) is 26.7 Å². The Bertz CT molecular complexity index is 868. The molecule has 0 saturated carbocycles. The minimum absolute atomic E-state index is 0.0132. The van der Waals surface area contributed by atoms with Gasteiger partial charge in [0, 0.05) is 19.0 Å². The van der Waals surface area contributed by atoms with E-state index in [0.717, 1.165) is 22.0 Å². The molecule has 2 heterocycles. The Labute approximate surface area is 134 Å². The quantitative estimate of drug-likeness (QED) is 0.879. The lowest BCUT2D eigenvalue weighted by atomic mass is 9.98. The van der Waals surface area contributed by atoms with Gasteiger partial charge in [-0.2, -0.15) is 5.26 Å². The average Bonchev–Trinajstić information content (AvgIpc) is 2.54. The summed E-state index contributed by atoms with van der Waals surface area (Å²) in [5, 5.41) is 9.81. The fraction of sp³-hybridized carbons (Fsp3) is 0.389. The van der Waals surface area contributed by atoms with Crippen molar-refractivity contribution in [2.75, 3.05) is 13.1 Å². The third-order valence-corrected chi connectivity index (χ3v) is 4.49. The molecule has 0 radical (unpaired) electrons. The molecule has 1 aliphatic heterocycles. The number of pyridine rings is 1. The van der Waals surface area contributed by atoms with Gasteiger partial charge in [0.05, 0.1) is 11.6 Å². The minimum Gasteiger partial charge on any atom is -0.338 e. The summed E-state index contributed by atoms with van der Waals surface area (Å²) in [7, 11) is 0. The van der Waals surface area contributed by atoms with Crippen molar-refractivity contribution >= 4 is 16.8 Å². The van der Waals surface area contributed by atoms with Crippen LogP contribution < -0.4 is 5.56 Å². The zero-order valence-corrected chi connectivity index (χ0v) is 13.3. The average molecular weight is 309 g/mol. The smallest absolute Gasteiger partial charge is 0.261 e. The van der Waals surface area contributed by atoms with Gasteiger partial charge in [-0.15, -0.1) is 0 Å². The monoisotopic (exact) mass is 309 g/mol. The van der Waals surface area contributed by atoms with Gasteiger partial charge in [0.1, 0.15) is 5.56 Å². The number of carbonyl (C=O) groups excluding carboxylic acids is 1. The van der Waals surface area contributed by atoms with Gasteiger partial charge in [-0.05, 0) is 49.8 Å². The van der Waals surface area contributed by atoms with Crippen LogP contribution in [0.5, 0.6) is 0 Å². The van der Waals surface area contributed by atoms with Crippen molar-refractivity contribution in [3.8, 4) is 6.07 Å². The number of rotatable bonds is 1. The van der Waals surface area contributed by atoms with Crippen LogP contribution in [0.4, 0.5) is 0 Å². The lowest BCUT2D eigenvalue weighted by molar-refractivity contribution is 0.0705. The van der Waals surface area contributed by atoms with E-state index < -0.39 is 0 Å². The summed E-state index contributed by atoms with van der Waals surface area (Å²) in [6.07, 6.45) is 1.35. The fourth-order valence-corrected chi connectivity index (χ4v) is 3.23. The predicted octanol–water partition coefficient (Wildman–Crippen LogP) is 2.52. The number of aryl methyl sites for hydroxylation is 2. The Hall–Kier alpha value is -2.61. The second-order valence-electron chi connectivity index (χ2n) is 6.25. The summed E-state index contributed by atoms with van der Waals surface area (Å²) in [6.45, 7) is 4.99.